The summed E-state index contributed by atoms with van der Waals surface area (Å²) in [4.78, 5) is 9.80. The minimum Gasteiger partial charge on any atom is -0.454 e. The minimum atomic E-state index is 0.783. The van der Waals surface area contributed by atoms with Crippen molar-refractivity contribution in [2.24, 2.45) is 0 Å². The highest BCUT2D eigenvalue weighted by atomic mass is 32.1. The number of furan rings is 3. The fourth-order valence-corrected chi connectivity index (χ4v) is 18.2. The average molecular weight is 1350 g/mol. The monoisotopic (exact) mass is 1350 g/mol. The lowest BCUT2D eigenvalue weighted by atomic mass is 10.0. The van der Waals surface area contributed by atoms with Crippen LogP contribution >= 0.6 is 11.3 Å². The van der Waals surface area contributed by atoms with Crippen molar-refractivity contribution in [1.29, 1.82) is 0 Å². The molecular formula is C94H54N6O3S. The molecule has 0 unspecified atom stereocenters. The van der Waals surface area contributed by atoms with Gasteiger partial charge in [0.05, 0.1) is 60.2 Å². The summed E-state index contributed by atoms with van der Waals surface area (Å²) in [5.41, 5.74) is 21.1. The number of pyridine rings is 2. The Labute approximate surface area is 595 Å². The van der Waals surface area contributed by atoms with E-state index in [0.29, 0.717) is 0 Å². The van der Waals surface area contributed by atoms with Crippen LogP contribution in [0.2, 0.25) is 0 Å². The molecule has 0 aliphatic heterocycles. The molecule has 0 atom stereocenters. The van der Waals surface area contributed by atoms with Gasteiger partial charge in [-0.25, -0.2) is 9.97 Å². The Hall–Kier alpha value is -13.8. The van der Waals surface area contributed by atoms with Gasteiger partial charge in [-0.3, -0.25) is 9.13 Å². The van der Waals surface area contributed by atoms with E-state index in [0.717, 1.165) is 149 Å². The van der Waals surface area contributed by atoms with Gasteiger partial charge in [0.1, 0.15) is 16.7 Å². The van der Waals surface area contributed by atoms with Gasteiger partial charge in [0, 0.05) is 103 Å². The molecule has 9 nitrogen and oxygen atoms in total. The van der Waals surface area contributed by atoms with Crippen molar-refractivity contribution in [3.8, 4) is 45.3 Å². The summed E-state index contributed by atoms with van der Waals surface area (Å²) in [6.45, 7) is 0. The lowest BCUT2D eigenvalue weighted by Crippen LogP contribution is -1.97. The smallest absolute Gasteiger partial charge is 0.181 e. The predicted molar refractivity (Wildman–Crippen MR) is 431 cm³/mol. The lowest BCUT2D eigenvalue weighted by molar-refractivity contribution is 0.663. The molecule has 24 rings (SSSR count). The van der Waals surface area contributed by atoms with Gasteiger partial charge in [0.25, 0.3) is 0 Å². The molecule has 0 aliphatic carbocycles. The van der Waals surface area contributed by atoms with Crippen molar-refractivity contribution in [1.82, 2.24) is 28.2 Å². The number of aromatic nitrogens is 6. The molecule has 10 heteroatoms. The first kappa shape index (κ1) is 57.0. The molecule has 0 aliphatic rings. The van der Waals surface area contributed by atoms with Crippen molar-refractivity contribution >= 4 is 185 Å². The first-order chi connectivity index (χ1) is 51.6. The van der Waals surface area contributed by atoms with Crippen molar-refractivity contribution in [2.45, 2.75) is 0 Å². The number of hydrogen-bond donors (Lipinski definition) is 0. The highest BCUT2D eigenvalue weighted by Crippen LogP contribution is 2.46. The van der Waals surface area contributed by atoms with E-state index in [1.54, 1.807) is 0 Å². The first-order valence-electron chi connectivity index (χ1n) is 35.1. The Kier molecular flexibility index (Phi) is 12.0. The molecule has 0 spiro atoms. The number of nitrogens with zero attached hydrogens (tertiary/aromatic N) is 6. The van der Waals surface area contributed by atoms with Crippen LogP contribution in [-0.4, -0.2) is 28.2 Å². The van der Waals surface area contributed by atoms with E-state index >= 15 is 0 Å². The van der Waals surface area contributed by atoms with Crippen LogP contribution in [0.15, 0.2) is 341 Å². The zero-order valence-electron chi connectivity index (χ0n) is 55.5. The fraction of sp³-hybridized carbons (Fsp3) is 0. The largest absolute Gasteiger partial charge is 0.454 e. The second-order valence-electron chi connectivity index (χ2n) is 27.1. The van der Waals surface area contributed by atoms with Gasteiger partial charge in [-0.15, -0.1) is 11.3 Å². The van der Waals surface area contributed by atoms with E-state index < -0.39 is 0 Å². The van der Waals surface area contributed by atoms with Gasteiger partial charge in [-0.2, -0.15) is 0 Å². The number of benzene rings is 14. The molecule has 0 saturated carbocycles. The second-order valence-corrected chi connectivity index (χ2v) is 28.1. The van der Waals surface area contributed by atoms with Crippen LogP contribution in [0.1, 0.15) is 0 Å². The minimum absolute atomic E-state index is 0.783. The van der Waals surface area contributed by atoms with Crippen LogP contribution < -0.4 is 0 Å². The summed E-state index contributed by atoms with van der Waals surface area (Å²) in [6, 6.07) is 113. The van der Waals surface area contributed by atoms with Gasteiger partial charge in [0.2, 0.25) is 0 Å². The summed E-state index contributed by atoms with van der Waals surface area (Å²) >= 11 is 1.88. The predicted octanol–water partition coefficient (Wildman–Crippen LogP) is 26.0. The number of rotatable bonds is 6. The normalized spacial score (nSPS) is 12.2. The van der Waals surface area contributed by atoms with E-state index in [1.165, 1.54) is 69.6 Å². The standard InChI is InChI=1S/C48H28N2OS.C46H26N4O2/c1-5-17-39-31(11-1)37-27-29(23-25-41(37)49(39)43-19-9-15-35-33-13-3-7-21-45(33)51-47(35)43)30-24-26-42-38(28-30)32-12-2-6-18-40(32)50(42)44-20-10-16-36-34-14-4-8-22-46(34)52-48(36)44;1-5-13-37-29(9-1)35-25-27(17-19-39(35)49(37)45-43-33(21-23-47-45)31-11-3-7-15-41(31)51-43)28-18-20-40-36(26-28)30-10-2-6-14-38(30)50(40)46-44-34(22-24-48-46)32-12-4-8-16-42(32)52-44/h1-28H;1-26H. The summed E-state index contributed by atoms with van der Waals surface area (Å²) in [7, 11) is 0. The van der Waals surface area contributed by atoms with E-state index in [1.807, 2.05) is 78.3 Å². The molecule has 0 radical (unpaired) electrons. The van der Waals surface area contributed by atoms with Crippen molar-refractivity contribution in [3.05, 3.63) is 328 Å². The number of thiophene rings is 1. The van der Waals surface area contributed by atoms with E-state index in [-0.39, 0.29) is 0 Å². The Bertz CT molecular complexity index is 6860. The van der Waals surface area contributed by atoms with Gasteiger partial charge in [-0.1, -0.05) is 194 Å². The molecule has 484 valence electrons. The first-order valence-corrected chi connectivity index (χ1v) is 35.9. The molecule has 0 fully saturated rings. The molecule has 104 heavy (non-hydrogen) atoms. The quantitative estimate of drug-likeness (QED) is 0.166. The van der Waals surface area contributed by atoms with Crippen LogP contribution in [0, 0.1) is 0 Å². The Morgan fingerprint density at radius 2 is 0.538 bits per heavy atom. The lowest BCUT2D eigenvalue weighted by Gasteiger charge is -2.10. The Morgan fingerprint density at radius 1 is 0.221 bits per heavy atom. The van der Waals surface area contributed by atoms with Crippen LogP contribution in [0.25, 0.3) is 218 Å². The number of hydrogen-bond acceptors (Lipinski definition) is 6. The molecule has 10 heterocycles. The topological polar surface area (TPSA) is 84.9 Å². The van der Waals surface area contributed by atoms with Crippen LogP contribution in [-0.2, 0) is 0 Å². The maximum atomic E-state index is 6.52. The van der Waals surface area contributed by atoms with Crippen LogP contribution in [0.3, 0.4) is 0 Å². The fourth-order valence-electron chi connectivity index (χ4n) is 17.0. The third-order valence-corrected chi connectivity index (χ3v) is 22.8. The van der Waals surface area contributed by atoms with Gasteiger partial charge < -0.3 is 22.4 Å². The van der Waals surface area contributed by atoms with E-state index in [4.69, 9.17) is 23.2 Å². The zero-order chi connectivity index (χ0) is 67.8. The average Bonchev–Trinajstić information content (AvgIpc) is 1.58. The molecule has 0 bridgehead atoms. The summed E-state index contributed by atoms with van der Waals surface area (Å²) in [5, 5.41) is 18.8. The maximum absolute atomic E-state index is 6.52. The zero-order valence-corrected chi connectivity index (χ0v) is 56.3. The Balaban J connectivity index is 0.000000127. The SMILES string of the molecule is c1ccc2c(c1)oc1c(-n3c4ccccc4c4cc(-c5ccc6c(c5)c5ccccc5n6-c5cccc6c5sc5ccccc56)ccc43)cccc12.c1ccc2c(c1)oc1c(-n3c4ccccc4c4cc(-c5ccc6c(c5)c5ccccc5n6-c5nccc6c5oc5ccccc56)ccc43)nccc12. The molecule has 0 saturated heterocycles. The molecule has 0 N–H and O–H groups in total. The highest BCUT2D eigenvalue weighted by molar-refractivity contribution is 7.26. The molecule has 0 amide bonds. The molecule has 14 aromatic carbocycles. The van der Waals surface area contributed by atoms with Gasteiger partial charge in [-0.05, 0) is 144 Å². The molecular weight excluding hydrogens is 1290 g/mol. The van der Waals surface area contributed by atoms with Crippen LogP contribution in [0.5, 0.6) is 0 Å². The third-order valence-electron chi connectivity index (χ3n) is 21.6. The maximum Gasteiger partial charge on any atom is 0.181 e. The number of fused-ring (bicyclic) bond motifs is 24. The van der Waals surface area contributed by atoms with Crippen molar-refractivity contribution in [2.75, 3.05) is 0 Å². The summed E-state index contributed by atoms with van der Waals surface area (Å²) in [6.07, 6.45) is 3.76. The van der Waals surface area contributed by atoms with Crippen molar-refractivity contribution < 1.29 is 13.3 Å². The molecule has 24 aromatic rings. The highest BCUT2D eigenvalue weighted by Gasteiger charge is 2.25. The second kappa shape index (κ2) is 21.9. The summed E-state index contributed by atoms with van der Waals surface area (Å²) < 4.78 is 31.4. The summed E-state index contributed by atoms with van der Waals surface area (Å²) in [5.74, 6) is 1.57. The third kappa shape index (κ3) is 8.19. The Morgan fingerprint density at radius 3 is 0.990 bits per heavy atom. The van der Waals surface area contributed by atoms with Crippen LogP contribution in [0.4, 0.5) is 0 Å². The van der Waals surface area contributed by atoms with Gasteiger partial charge in [0.15, 0.2) is 28.4 Å². The molecule has 10 aromatic heterocycles. The van der Waals surface area contributed by atoms with E-state index in [2.05, 4.69) is 279 Å². The van der Waals surface area contributed by atoms with Crippen molar-refractivity contribution in [3.63, 3.8) is 0 Å². The number of para-hydroxylation sites is 8. The van der Waals surface area contributed by atoms with E-state index in [9.17, 15) is 0 Å². The van der Waals surface area contributed by atoms with Gasteiger partial charge >= 0.3 is 0 Å².